The third kappa shape index (κ3) is 9.85. The third-order valence-electron chi connectivity index (χ3n) is 5.77. The van der Waals surface area contributed by atoms with E-state index < -0.39 is 60.9 Å². The van der Waals surface area contributed by atoms with Gasteiger partial charge in [-0.25, -0.2) is 33.7 Å². The van der Waals surface area contributed by atoms with Gasteiger partial charge in [0.15, 0.2) is 20.0 Å². The van der Waals surface area contributed by atoms with Crippen molar-refractivity contribution in [3.8, 4) is 0 Å². The van der Waals surface area contributed by atoms with E-state index in [0.29, 0.717) is 24.0 Å². The largest absolute Gasteiger partial charge is 0.480 e. The molecule has 0 saturated carbocycles. The van der Waals surface area contributed by atoms with Gasteiger partial charge in [-0.15, -0.1) is 0 Å². The molecule has 0 amide bonds. The van der Waals surface area contributed by atoms with E-state index in [2.05, 4.69) is 0 Å². The van der Waals surface area contributed by atoms with Gasteiger partial charge >= 0.3 is 11.0 Å². The van der Waals surface area contributed by atoms with Gasteiger partial charge < -0.3 is 13.0 Å². The highest BCUT2D eigenvalue weighted by atomic mass is 32.3. The summed E-state index contributed by atoms with van der Waals surface area (Å²) in [5.41, 5.74) is -10.6. The van der Waals surface area contributed by atoms with Crippen LogP contribution >= 0.6 is 0 Å². The molecule has 0 radical (unpaired) electrons. The van der Waals surface area contributed by atoms with E-state index >= 15 is 0 Å². The van der Waals surface area contributed by atoms with Crippen molar-refractivity contribution in [3.63, 3.8) is 0 Å². The Hall–Kier alpha value is -2.30. The first-order valence-electron chi connectivity index (χ1n) is 11.8. The average molecular weight is 703 g/mol. The number of rotatable bonds is 14. The van der Waals surface area contributed by atoms with Crippen LogP contribution in [0.5, 0.6) is 0 Å². The molecule has 0 N–H and O–H groups in total. The number of alkyl halides is 6. The Bertz CT molecular complexity index is 1560. The molecule has 2 aromatic carbocycles. The molecule has 0 saturated heterocycles. The molecule has 2 rings (SSSR count). The van der Waals surface area contributed by atoms with Crippen LogP contribution in [0.15, 0.2) is 58.3 Å². The lowest BCUT2D eigenvalue weighted by Crippen LogP contribution is -2.24. The first-order valence-corrected chi connectivity index (χ1v) is 17.5. The second kappa shape index (κ2) is 13.4. The number of ether oxygens (including phenoxy) is 1. The predicted molar refractivity (Wildman–Crippen MR) is 141 cm³/mol. The minimum Gasteiger partial charge on any atom is -0.424 e. The molecule has 0 aromatic heterocycles. The quantitative estimate of drug-likeness (QED) is 0.189. The van der Waals surface area contributed by atoms with Crippen LogP contribution in [0.4, 0.5) is 26.3 Å². The lowest BCUT2D eigenvalue weighted by Gasteiger charge is -2.22. The van der Waals surface area contributed by atoms with Crippen molar-refractivity contribution >= 4 is 40.1 Å². The minimum absolute atomic E-state index is 0.157. The van der Waals surface area contributed by atoms with Gasteiger partial charge in [-0.3, -0.25) is 0 Å². The summed E-state index contributed by atoms with van der Waals surface area (Å²) in [5.74, 6) is -0.458. The fraction of sp³-hybridized carbons (Fsp3) is 0.455. The smallest absolute Gasteiger partial charge is 0.424 e. The Kier molecular flexibility index (Phi) is 11.5. The lowest BCUT2D eigenvalue weighted by atomic mass is 9.96. The molecule has 0 aliphatic rings. The number of benzene rings is 2. The standard InChI is InChI=1S/C22H24F6N2O9S4/c1-15(17-5-9-19(10-6-17)40(31,32)29-42(35,36)21(23,24)25)4-3-13-39-14-16(2)18-7-11-20(12-8-18)41(33,34)30-43(37,38)22(26,27)28/h5-12,15-16H,3-4,13-14H2,1-2H3/q-2. The molecule has 2 aromatic rings. The van der Waals surface area contributed by atoms with E-state index in [0.717, 1.165) is 24.3 Å². The molecule has 11 nitrogen and oxygen atoms in total. The number of nitrogens with zero attached hydrogens (tertiary/aromatic N) is 2. The van der Waals surface area contributed by atoms with Gasteiger partial charge in [-0.05, 0) is 54.2 Å². The molecular formula is C22H24F6N2O9S4-2. The van der Waals surface area contributed by atoms with Crippen LogP contribution in [0.3, 0.4) is 0 Å². The van der Waals surface area contributed by atoms with Crippen molar-refractivity contribution in [2.24, 2.45) is 0 Å². The molecule has 0 spiro atoms. The molecule has 2 unspecified atom stereocenters. The summed E-state index contributed by atoms with van der Waals surface area (Å²) < 4.78 is 176. The Morgan fingerprint density at radius 1 is 0.628 bits per heavy atom. The van der Waals surface area contributed by atoms with Crippen LogP contribution in [0, 0.1) is 0 Å². The maximum Gasteiger partial charge on any atom is 0.480 e. The third-order valence-corrected chi connectivity index (χ3v) is 11.8. The normalized spacial score (nSPS) is 15.3. The van der Waals surface area contributed by atoms with Gasteiger partial charge in [-0.1, -0.05) is 38.1 Å². The molecule has 43 heavy (non-hydrogen) atoms. The summed E-state index contributed by atoms with van der Waals surface area (Å²) in [6, 6.07) is 8.87. The Labute approximate surface area is 244 Å². The first kappa shape index (κ1) is 36.9. The van der Waals surface area contributed by atoms with E-state index in [1.807, 2.05) is 8.25 Å². The summed E-state index contributed by atoms with van der Waals surface area (Å²) in [6.45, 7) is 3.92. The minimum atomic E-state index is -6.26. The van der Waals surface area contributed by atoms with Gasteiger partial charge in [0.1, 0.15) is 20.0 Å². The van der Waals surface area contributed by atoms with Crippen LogP contribution in [-0.4, -0.2) is 57.9 Å². The maximum atomic E-state index is 12.5. The maximum absolute atomic E-state index is 12.5. The molecule has 0 heterocycles. The van der Waals surface area contributed by atoms with Crippen LogP contribution in [0.2, 0.25) is 0 Å². The van der Waals surface area contributed by atoms with E-state index in [1.54, 1.807) is 13.8 Å². The second-order valence-electron chi connectivity index (χ2n) is 9.10. The topological polar surface area (TPSA) is 174 Å². The molecule has 21 heteroatoms. The Morgan fingerprint density at radius 2 is 0.977 bits per heavy atom. The molecule has 0 fully saturated rings. The predicted octanol–water partition coefficient (Wildman–Crippen LogP) is 5.21. The summed E-state index contributed by atoms with van der Waals surface area (Å²) in [4.78, 5) is -1.49. The monoisotopic (exact) mass is 702 g/mol. The van der Waals surface area contributed by atoms with E-state index in [9.17, 15) is 60.0 Å². The summed E-state index contributed by atoms with van der Waals surface area (Å²) >= 11 is 0. The van der Waals surface area contributed by atoms with E-state index in [1.165, 1.54) is 24.3 Å². The highest BCUT2D eigenvalue weighted by molar-refractivity contribution is 8.13. The van der Waals surface area contributed by atoms with Crippen LogP contribution in [0.25, 0.3) is 8.25 Å². The van der Waals surface area contributed by atoms with Crippen molar-refractivity contribution in [1.82, 2.24) is 0 Å². The summed E-state index contributed by atoms with van der Waals surface area (Å²) in [6.07, 6.45) is 1.05. The van der Waals surface area contributed by atoms with Crippen molar-refractivity contribution in [2.75, 3.05) is 13.2 Å². The Balaban J connectivity index is 1.87. The van der Waals surface area contributed by atoms with E-state index in [4.69, 9.17) is 4.74 Å². The van der Waals surface area contributed by atoms with Gasteiger partial charge in [0.25, 0.3) is 0 Å². The van der Waals surface area contributed by atoms with Crippen molar-refractivity contribution in [3.05, 3.63) is 67.9 Å². The van der Waals surface area contributed by atoms with Gasteiger partial charge in [-0.2, -0.15) is 26.3 Å². The molecular weight excluding hydrogens is 679 g/mol. The van der Waals surface area contributed by atoms with Crippen molar-refractivity contribution in [1.29, 1.82) is 0 Å². The van der Waals surface area contributed by atoms with Gasteiger partial charge in [0.05, 0.1) is 6.61 Å². The second-order valence-corrected chi connectivity index (χ2v) is 16.0. The molecule has 0 aliphatic carbocycles. The summed E-state index contributed by atoms with van der Waals surface area (Å²) in [5, 5.41) is 0. The van der Waals surface area contributed by atoms with Crippen LogP contribution in [0.1, 0.15) is 49.7 Å². The van der Waals surface area contributed by atoms with Crippen LogP contribution in [-0.2, 0) is 44.8 Å². The average Bonchev–Trinajstić information content (AvgIpc) is 2.86. The van der Waals surface area contributed by atoms with Crippen LogP contribution < -0.4 is 0 Å². The summed E-state index contributed by atoms with van der Waals surface area (Å²) in [7, 11) is -22.8. The Morgan fingerprint density at radius 3 is 1.33 bits per heavy atom. The lowest BCUT2D eigenvalue weighted by molar-refractivity contribution is -0.0431. The van der Waals surface area contributed by atoms with Gasteiger partial charge in [0, 0.05) is 22.3 Å². The fourth-order valence-electron chi connectivity index (χ4n) is 3.38. The number of sulfonamides is 4. The van der Waals surface area contributed by atoms with E-state index in [-0.39, 0.29) is 25.0 Å². The number of hydrogen-bond donors (Lipinski definition) is 0. The zero-order valence-electron chi connectivity index (χ0n) is 22.1. The highest BCUT2D eigenvalue weighted by Crippen LogP contribution is 2.34. The number of halogens is 6. The molecule has 244 valence electrons. The zero-order chi connectivity index (χ0) is 33.1. The number of hydrogen-bond acceptors (Lipinski definition) is 9. The highest BCUT2D eigenvalue weighted by Gasteiger charge is 2.41. The van der Waals surface area contributed by atoms with Crippen molar-refractivity contribution in [2.45, 2.75) is 59.3 Å². The van der Waals surface area contributed by atoms with Gasteiger partial charge in [0.2, 0.25) is 0 Å². The zero-order valence-corrected chi connectivity index (χ0v) is 25.3. The SMILES string of the molecule is CC(CCCOCC(C)c1ccc(S(=O)(=O)[N-]S(=O)(=O)C(F)(F)F)cc1)c1ccc(S(=O)(=O)[N-]S(=O)(=O)C(F)(F)F)cc1. The molecule has 2 atom stereocenters. The molecule has 0 bridgehead atoms. The van der Waals surface area contributed by atoms with Crippen molar-refractivity contribution < 1.29 is 64.8 Å². The molecule has 0 aliphatic heterocycles. The first-order chi connectivity index (χ1) is 19.4. The fourth-order valence-corrected chi connectivity index (χ4v) is 7.77.